The monoisotopic (exact) mass is 338 g/mol. The Hall–Kier alpha value is -2.61. The zero-order valence-electron chi connectivity index (χ0n) is 14.0. The van der Waals surface area contributed by atoms with Gasteiger partial charge in [0.25, 0.3) is 5.91 Å². The number of ether oxygens (including phenoxy) is 3. The Labute approximate surface area is 140 Å². The van der Waals surface area contributed by atoms with E-state index in [9.17, 15) is 14.4 Å². The smallest absolute Gasteiger partial charge is 0.411 e. The van der Waals surface area contributed by atoms with Crippen molar-refractivity contribution in [3.63, 3.8) is 0 Å². The first kappa shape index (κ1) is 19.4. The lowest BCUT2D eigenvalue weighted by molar-refractivity contribution is -0.140. The average molecular weight is 338 g/mol. The van der Waals surface area contributed by atoms with Gasteiger partial charge in [0.05, 0.1) is 27.2 Å². The van der Waals surface area contributed by atoms with Crippen molar-refractivity contribution in [1.29, 1.82) is 0 Å². The fraction of sp³-hybridized carbons (Fsp3) is 0.438. The first-order valence-electron chi connectivity index (χ1n) is 7.32. The fourth-order valence-electron chi connectivity index (χ4n) is 1.93. The maximum atomic E-state index is 12.6. The van der Waals surface area contributed by atoms with Gasteiger partial charge in [-0.1, -0.05) is 6.07 Å². The molecule has 0 spiro atoms. The average Bonchev–Trinajstić information content (AvgIpc) is 2.61. The van der Waals surface area contributed by atoms with E-state index in [1.807, 2.05) is 0 Å². The van der Waals surface area contributed by atoms with Gasteiger partial charge in [-0.15, -0.1) is 0 Å². The minimum Gasteiger partial charge on any atom is -0.469 e. The van der Waals surface area contributed by atoms with E-state index in [1.165, 1.54) is 32.3 Å². The standard InChI is InChI=1S/C16H22N2O6/c1-22-10-9-18(8-7-14(19)23-2)15(20)12-5-4-6-13(11-12)17-16(21)24-3/h4-6,11H,7-10H2,1-3H3,(H,17,21). The summed E-state index contributed by atoms with van der Waals surface area (Å²) in [6.45, 7) is 0.886. The minimum absolute atomic E-state index is 0.0893. The molecule has 24 heavy (non-hydrogen) atoms. The van der Waals surface area contributed by atoms with Crippen LogP contribution < -0.4 is 5.32 Å². The first-order chi connectivity index (χ1) is 11.5. The van der Waals surface area contributed by atoms with Crippen LogP contribution in [0.25, 0.3) is 0 Å². The van der Waals surface area contributed by atoms with Gasteiger partial charge in [-0.2, -0.15) is 0 Å². The van der Waals surface area contributed by atoms with Crippen molar-refractivity contribution in [2.75, 3.05) is 46.3 Å². The van der Waals surface area contributed by atoms with E-state index in [2.05, 4.69) is 14.8 Å². The Morgan fingerprint density at radius 2 is 1.83 bits per heavy atom. The molecular formula is C16H22N2O6. The fourth-order valence-corrected chi connectivity index (χ4v) is 1.93. The molecule has 0 saturated carbocycles. The van der Waals surface area contributed by atoms with E-state index in [-0.39, 0.29) is 18.9 Å². The molecule has 0 saturated heterocycles. The van der Waals surface area contributed by atoms with Gasteiger partial charge in [0.1, 0.15) is 0 Å². The molecule has 0 fully saturated rings. The van der Waals surface area contributed by atoms with E-state index in [0.717, 1.165) is 0 Å². The highest BCUT2D eigenvalue weighted by atomic mass is 16.5. The molecule has 0 radical (unpaired) electrons. The molecule has 0 atom stereocenters. The molecule has 0 bridgehead atoms. The normalized spacial score (nSPS) is 9.96. The summed E-state index contributed by atoms with van der Waals surface area (Å²) in [4.78, 5) is 36.7. The number of methoxy groups -OCH3 is 3. The van der Waals surface area contributed by atoms with Crippen LogP contribution in [0.2, 0.25) is 0 Å². The zero-order valence-corrected chi connectivity index (χ0v) is 14.0. The van der Waals surface area contributed by atoms with Crippen molar-refractivity contribution >= 4 is 23.7 Å². The van der Waals surface area contributed by atoms with Crippen LogP contribution in [-0.2, 0) is 19.0 Å². The van der Waals surface area contributed by atoms with E-state index < -0.39 is 12.1 Å². The number of rotatable bonds is 8. The number of amides is 2. The third-order valence-electron chi connectivity index (χ3n) is 3.21. The van der Waals surface area contributed by atoms with Crippen molar-refractivity contribution in [3.8, 4) is 0 Å². The predicted molar refractivity (Wildman–Crippen MR) is 86.9 cm³/mol. The summed E-state index contributed by atoms with van der Waals surface area (Å²) < 4.78 is 14.1. The SMILES string of the molecule is COCCN(CCC(=O)OC)C(=O)c1cccc(NC(=O)OC)c1. The highest BCUT2D eigenvalue weighted by Crippen LogP contribution is 2.13. The summed E-state index contributed by atoms with van der Waals surface area (Å²) in [5.74, 6) is -0.671. The summed E-state index contributed by atoms with van der Waals surface area (Å²) in [5.41, 5.74) is 0.817. The number of anilines is 1. The van der Waals surface area contributed by atoms with Crippen molar-refractivity contribution in [3.05, 3.63) is 29.8 Å². The number of hydrogen-bond acceptors (Lipinski definition) is 6. The third-order valence-corrected chi connectivity index (χ3v) is 3.21. The van der Waals surface area contributed by atoms with Gasteiger partial charge >= 0.3 is 12.1 Å². The van der Waals surface area contributed by atoms with Crippen molar-refractivity contribution in [2.24, 2.45) is 0 Å². The molecule has 132 valence electrons. The Morgan fingerprint density at radius 1 is 1.08 bits per heavy atom. The van der Waals surface area contributed by atoms with Crippen LogP contribution in [-0.4, -0.2) is 63.9 Å². The van der Waals surface area contributed by atoms with Crippen LogP contribution in [0.4, 0.5) is 10.5 Å². The molecule has 8 nitrogen and oxygen atoms in total. The van der Waals surface area contributed by atoms with Crippen LogP contribution in [0, 0.1) is 0 Å². The van der Waals surface area contributed by atoms with Gasteiger partial charge in [0.2, 0.25) is 0 Å². The van der Waals surface area contributed by atoms with Gasteiger partial charge in [0, 0.05) is 31.5 Å². The molecule has 1 rings (SSSR count). The first-order valence-corrected chi connectivity index (χ1v) is 7.32. The molecule has 0 unspecified atom stereocenters. The Kier molecular flexibility index (Phi) is 8.28. The number of nitrogens with one attached hydrogen (secondary N) is 1. The Morgan fingerprint density at radius 3 is 2.46 bits per heavy atom. The van der Waals surface area contributed by atoms with Crippen LogP contribution in [0.15, 0.2) is 24.3 Å². The van der Waals surface area contributed by atoms with Gasteiger partial charge in [-0.3, -0.25) is 14.9 Å². The lowest BCUT2D eigenvalue weighted by atomic mass is 10.1. The summed E-state index contributed by atoms with van der Waals surface area (Å²) in [6, 6.07) is 6.45. The molecule has 0 aliphatic carbocycles. The van der Waals surface area contributed by atoms with Crippen LogP contribution in [0.5, 0.6) is 0 Å². The summed E-state index contributed by atoms with van der Waals surface area (Å²) >= 11 is 0. The van der Waals surface area contributed by atoms with E-state index in [1.54, 1.807) is 18.2 Å². The third kappa shape index (κ3) is 6.25. The summed E-state index contributed by atoms with van der Waals surface area (Å²) in [5, 5.41) is 2.50. The summed E-state index contributed by atoms with van der Waals surface area (Å²) in [6.07, 6.45) is -0.534. The lowest BCUT2D eigenvalue weighted by Crippen LogP contribution is -2.35. The predicted octanol–water partition coefficient (Wildman–Crippen LogP) is 1.52. The van der Waals surface area contributed by atoms with Crippen LogP contribution in [0.3, 0.4) is 0 Å². The maximum Gasteiger partial charge on any atom is 0.411 e. The van der Waals surface area contributed by atoms with E-state index in [4.69, 9.17) is 4.74 Å². The number of nitrogens with zero attached hydrogens (tertiary/aromatic N) is 1. The quantitative estimate of drug-likeness (QED) is 0.722. The Balaban J connectivity index is 2.85. The number of esters is 1. The molecule has 1 N–H and O–H groups in total. The minimum atomic E-state index is -0.624. The molecule has 0 aliphatic rings. The second-order valence-corrected chi connectivity index (χ2v) is 4.81. The highest BCUT2D eigenvalue weighted by molar-refractivity contribution is 5.96. The van der Waals surface area contributed by atoms with Gasteiger partial charge < -0.3 is 19.1 Å². The molecular weight excluding hydrogens is 316 g/mol. The number of hydrogen-bond donors (Lipinski definition) is 1. The molecule has 1 aromatic carbocycles. The lowest BCUT2D eigenvalue weighted by Gasteiger charge is -2.22. The van der Waals surface area contributed by atoms with Gasteiger partial charge in [-0.05, 0) is 18.2 Å². The molecule has 8 heteroatoms. The molecule has 1 aromatic rings. The molecule has 0 heterocycles. The number of carbonyl (C=O) groups is 3. The van der Waals surface area contributed by atoms with Crippen LogP contribution >= 0.6 is 0 Å². The maximum absolute atomic E-state index is 12.6. The van der Waals surface area contributed by atoms with E-state index >= 15 is 0 Å². The van der Waals surface area contributed by atoms with Crippen molar-refractivity contribution in [2.45, 2.75) is 6.42 Å². The largest absolute Gasteiger partial charge is 0.469 e. The summed E-state index contributed by atoms with van der Waals surface area (Å²) in [7, 11) is 4.08. The molecule has 0 aromatic heterocycles. The highest BCUT2D eigenvalue weighted by Gasteiger charge is 2.17. The Bertz CT molecular complexity index is 575. The topological polar surface area (TPSA) is 94.2 Å². The second-order valence-electron chi connectivity index (χ2n) is 4.81. The van der Waals surface area contributed by atoms with Gasteiger partial charge in [0.15, 0.2) is 0 Å². The zero-order chi connectivity index (χ0) is 17.9. The molecule has 2 amide bonds. The second kappa shape index (κ2) is 10.2. The van der Waals surface area contributed by atoms with Crippen molar-refractivity contribution < 1.29 is 28.6 Å². The number of benzene rings is 1. The van der Waals surface area contributed by atoms with Gasteiger partial charge in [-0.25, -0.2) is 4.79 Å². The van der Waals surface area contributed by atoms with Crippen LogP contribution in [0.1, 0.15) is 16.8 Å². The molecule has 0 aliphatic heterocycles. The number of carbonyl (C=O) groups excluding carboxylic acids is 3. The van der Waals surface area contributed by atoms with E-state index in [0.29, 0.717) is 24.4 Å². The van der Waals surface area contributed by atoms with Crippen molar-refractivity contribution in [1.82, 2.24) is 4.90 Å².